The third kappa shape index (κ3) is 5.00. The molecule has 2 rings (SSSR count). The van der Waals surface area contributed by atoms with Crippen LogP contribution in [0.15, 0.2) is 17.5 Å². The summed E-state index contributed by atoms with van der Waals surface area (Å²) in [6.07, 6.45) is 2.44. The van der Waals surface area contributed by atoms with Gasteiger partial charge in [-0.15, -0.1) is 11.3 Å². The minimum Gasteiger partial charge on any atom is -0.375 e. The molecule has 0 unspecified atom stereocenters. The van der Waals surface area contributed by atoms with Gasteiger partial charge in [-0.3, -0.25) is 5.32 Å². The number of carbonyl (C=O) groups excluding carboxylic acids is 1. The predicted molar refractivity (Wildman–Crippen MR) is 76.7 cm³/mol. The summed E-state index contributed by atoms with van der Waals surface area (Å²) in [4.78, 5) is 16.0. The van der Waals surface area contributed by atoms with Crippen LogP contribution in [-0.2, 0) is 4.74 Å². The summed E-state index contributed by atoms with van der Waals surface area (Å²) in [5, 5.41) is 8.12. The van der Waals surface area contributed by atoms with E-state index in [1.54, 1.807) is 0 Å². The maximum absolute atomic E-state index is 11.6. The normalized spacial score (nSPS) is 14.2. The van der Waals surface area contributed by atoms with Crippen LogP contribution in [0, 0.1) is 0 Å². The Labute approximate surface area is 117 Å². The SMILES string of the molecule is C=C(C)COCCNC(=O)Nc1nc(C2CC2)cs1. The van der Waals surface area contributed by atoms with Crippen LogP contribution in [-0.4, -0.2) is 30.8 Å². The van der Waals surface area contributed by atoms with Gasteiger partial charge in [-0.25, -0.2) is 9.78 Å². The lowest BCUT2D eigenvalue weighted by Crippen LogP contribution is -2.31. The molecule has 1 aliphatic carbocycles. The van der Waals surface area contributed by atoms with Crippen LogP contribution in [0.1, 0.15) is 31.4 Å². The molecule has 0 bridgehead atoms. The first-order valence-corrected chi connectivity index (χ1v) is 7.25. The number of nitrogens with one attached hydrogen (secondary N) is 2. The zero-order valence-corrected chi connectivity index (χ0v) is 11.9. The minimum atomic E-state index is -0.240. The summed E-state index contributed by atoms with van der Waals surface area (Å²) in [5.41, 5.74) is 2.07. The lowest BCUT2D eigenvalue weighted by Gasteiger charge is -2.06. The average Bonchev–Trinajstić information content (AvgIpc) is 3.10. The second kappa shape index (κ2) is 6.68. The second-order valence-electron chi connectivity index (χ2n) is 4.74. The molecule has 0 aliphatic heterocycles. The maximum Gasteiger partial charge on any atom is 0.321 e. The van der Waals surface area contributed by atoms with Gasteiger partial charge >= 0.3 is 6.03 Å². The Morgan fingerprint density at radius 1 is 1.63 bits per heavy atom. The minimum absolute atomic E-state index is 0.240. The molecule has 0 saturated heterocycles. The summed E-state index contributed by atoms with van der Waals surface area (Å²) in [6.45, 7) is 7.11. The van der Waals surface area contributed by atoms with Crippen molar-refractivity contribution >= 4 is 22.5 Å². The zero-order valence-electron chi connectivity index (χ0n) is 11.1. The molecule has 0 spiro atoms. The van der Waals surface area contributed by atoms with Crippen LogP contribution < -0.4 is 10.6 Å². The first kappa shape index (κ1) is 14.0. The topological polar surface area (TPSA) is 63.2 Å². The lowest BCUT2D eigenvalue weighted by molar-refractivity contribution is 0.159. The summed E-state index contributed by atoms with van der Waals surface area (Å²) in [6, 6.07) is -0.240. The first-order valence-electron chi connectivity index (χ1n) is 6.37. The fraction of sp³-hybridized carbons (Fsp3) is 0.538. The third-order valence-electron chi connectivity index (χ3n) is 2.62. The Bertz CT molecular complexity index is 454. The number of carbonyl (C=O) groups is 1. The number of urea groups is 1. The van der Waals surface area contributed by atoms with Crippen molar-refractivity contribution < 1.29 is 9.53 Å². The zero-order chi connectivity index (χ0) is 13.7. The van der Waals surface area contributed by atoms with Gasteiger partial charge in [0, 0.05) is 17.8 Å². The van der Waals surface area contributed by atoms with Gasteiger partial charge in [0.05, 0.1) is 18.9 Å². The third-order valence-corrected chi connectivity index (χ3v) is 3.39. The highest BCUT2D eigenvalue weighted by Crippen LogP contribution is 2.40. The van der Waals surface area contributed by atoms with Gasteiger partial charge in [0.2, 0.25) is 0 Å². The van der Waals surface area contributed by atoms with Crippen molar-refractivity contribution in [2.45, 2.75) is 25.7 Å². The molecule has 1 heterocycles. The second-order valence-corrected chi connectivity index (χ2v) is 5.60. The molecular formula is C13H19N3O2S. The molecular weight excluding hydrogens is 262 g/mol. The number of hydrogen-bond donors (Lipinski definition) is 2. The summed E-state index contributed by atoms with van der Waals surface area (Å²) in [5.74, 6) is 0.616. The van der Waals surface area contributed by atoms with Crippen LogP contribution in [0.2, 0.25) is 0 Å². The van der Waals surface area contributed by atoms with E-state index >= 15 is 0 Å². The van der Waals surface area contributed by atoms with Crippen LogP contribution in [0.5, 0.6) is 0 Å². The quantitative estimate of drug-likeness (QED) is 0.596. The Balaban J connectivity index is 1.61. The van der Waals surface area contributed by atoms with Gasteiger partial charge in [-0.1, -0.05) is 12.2 Å². The number of nitrogens with zero attached hydrogens (tertiary/aromatic N) is 1. The van der Waals surface area contributed by atoms with Gasteiger partial charge in [-0.05, 0) is 19.8 Å². The van der Waals surface area contributed by atoms with Crippen molar-refractivity contribution in [3.63, 3.8) is 0 Å². The highest BCUT2D eigenvalue weighted by Gasteiger charge is 2.26. The molecule has 104 valence electrons. The summed E-state index contributed by atoms with van der Waals surface area (Å²) < 4.78 is 5.28. The molecule has 1 aromatic heterocycles. The Morgan fingerprint density at radius 2 is 2.42 bits per heavy atom. The molecule has 1 aromatic rings. The smallest absolute Gasteiger partial charge is 0.321 e. The van der Waals surface area contributed by atoms with Crippen molar-refractivity contribution in [3.8, 4) is 0 Å². The van der Waals surface area contributed by atoms with Gasteiger partial charge in [0.25, 0.3) is 0 Å². The van der Waals surface area contributed by atoms with E-state index in [1.807, 2.05) is 12.3 Å². The number of aromatic nitrogens is 1. The van der Waals surface area contributed by atoms with Gasteiger partial charge in [-0.2, -0.15) is 0 Å². The molecule has 2 amide bonds. The predicted octanol–water partition coefficient (Wildman–Crippen LogP) is 2.73. The lowest BCUT2D eigenvalue weighted by atomic mass is 10.3. The van der Waals surface area contributed by atoms with Crippen LogP contribution >= 0.6 is 11.3 Å². The number of hydrogen-bond acceptors (Lipinski definition) is 4. The van der Waals surface area contributed by atoms with E-state index in [0.29, 0.717) is 30.8 Å². The van der Waals surface area contributed by atoms with E-state index in [1.165, 1.54) is 24.2 Å². The molecule has 0 aromatic carbocycles. The van der Waals surface area contributed by atoms with Gasteiger partial charge < -0.3 is 10.1 Å². The average molecular weight is 281 g/mol. The monoisotopic (exact) mass is 281 g/mol. The molecule has 2 N–H and O–H groups in total. The molecule has 0 radical (unpaired) electrons. The molecule has 1 saturated carbocycles. The molecule has 19 heavy (non-hydrogen) atoms. The largest absolute Gasteiger partial charge is 0.375 e. The van der Waals surface area contributed by atoms with Crippen molar-refractivity contribution in [3.05, 3.63) is 23.2 Å². The van der Waals surface area contributed by atoms with E-state index in [2.05, 4.69) is 22.2 Å². The molecule has 0 atom stereocenters. The highest BCUT2D eigenvalue weighted by molar-refractivity contribution is 7.13. The maximum atomic E-state index is 11.6. The fourth-order valence-corrected chi connectivity index (χ4v) is 2.32. The van der Waals surface area contributed by atoms with E-state index in [4.69, 9.17) is 4.74 Å². The van der Waals surface area contributed by atoms with Crippen LogP contribution in [0.25, 0.3) is 0 Å². The van der Waals surface area contributed by atoms with Gasteiger partial charge in [0.1, 0.15) is 0 Å². The number of thiazole rings is 1. The van der Waals surface area contributed by atoms with Crippen molar-refractivity contribution in [1.29, 1.82) is 0 Å². The molecule has 1 aliphatic rings. The van der Waals surface area contributed by atoms with E-state index in [0.717, 1.165) is 11.3 Å². The highest BCUT2D eigenvalue weighted by atomic mass is 32.1. The molecule has 6 heteroatoms. The van der Waals surface area contributed by atoms with Crippen molar-refractivity contribution in [2.24, 2.45) is 0 Å². The number of ether oxygens (including phenoxy) is 1. The summed E-state index contributed by atoms with van der Waals surface area (Å²) in [7, 11) is 0. The van der Waals surface area contributed by atoms with E-state index < -0.39 is 0 Å². The van der Waals surface area contributed by atoms with E-state index in [-0.39, 0.29) is 6.03 Å². The molecule has 5 nitrogen and oxygen atoms in total. The molecule has 1 fully saturated rings. The number of anilines is 1. The number of rotatable bonds is 7. The van der Waals surface area contributed by atoms with Crippen molar-refractivity contribution in [1.82, 2.24) is 10.3 Å². The fourth-order valence-electron chi connectivity index (χ4n) is 1.53. The summed E-state index contributed by atoms with van der Waals surface area (Å²) >= 11 is 1.47. The number of amides is 2. The van der Waals surface area contributed by atoms with Gasteiger partial charge in [0.15, 0.2) is 5.13 Å². The van der Waals surface area contributed by atoms with Crippen molar-refractivity contribution in [2.75, 3.05) is 25.1 Å². The standard InChI is InChI=1S/C13H19N3O2S/c1-9(2)7-18-6-5-14-12(17)16-13-15-11(8-19-13)10-3-4-10/h8,10H,1,3-7H2,2H3,(H2,14,15,16,17). The Hall–Kier alpha value is -1.40. The van der Waals surface area contributed by atoms with Crippen LogP contribution in [0.4, 0.5) is 9.93 Å². The van der Waals surface area contributed by atoms with E-state index in [9.17, 15) is 4.79 Å². The Morgan fingerprint density at radius 3 is 3.11 bits per heavy atom. The Kier molecular flexibility index (Phi) is 4.93. The first-order chi connectivity index (χ1) is 9.15. The van der Waals surface area contributed by atoms with Crippen LogP contribution in [0.3, 0.4) is 0 Å².